The van der Waals surface area contributed by atoms with E-state index in [-0.39, 0.29) is 5.52 Å². The lowest BCUT2D eigenvalue weighted by molar-refractivity contribution is 0.512. The molecule has 68 valence electrons. The molecule has 0 saturated heterocycles. The van der Waals surface area contributed by atoms with E-state index in [1.807, 2.05) is 6.92 Å². The van der Waals surface area contributed by atoms with Crippen LogP contribution in [0.2, 0.25) is 0 Å². The number of imidazole rings is 1. The van der Waals surface area contributed by atoms with Crippen molar-refractivity contribution in [2.24, 2.45) is 0 Å². The Morgan fingerprint density at radius 3 is 2.85 bits per heavy atom. The van der Waals surface area contributed by atoms with Crippen LogP contribution in [0.4, 0.5) is 8.78 Å². The molecule has 0 amide bonds. The van der Waals surface area contributed by atoms with Gasteiger partial charge in [-0.2, -0.15) is 0 Å². The summed E-state index contributed by atoms with van der Waals surface area (Å²) < 4.78 is 27.6. The summed E-state index contributed by atoms with van der Waals surface area (Å²) in [5, 5.41) is 0. The Labute approximate surface area is 73.8 Å². The fourth-order valence-electron chi connectivity index (χ4n) is 1.34. The fraction of sp³-hybridized carbons (Fsp3) is 0.222. The molecule has 0 saturated carbocycles. The molecule has 0 bridgehead atoms. The van der Waals surface area contributed by atoms with Crippen molar-refractivity contribution in [2.45, 2.75) is 13.5 Å². The molecule has 13 heavy (non-hydrogen) atoms. The highest BCUT2D eigenvalue weighted by atomic mass is 19.2. The minimum Gasteiger partial charge on any atom is -0.328 e. The molecule has 1 aromatic heterocycles. The molecule has 0 spiro atoms. The second-order valence-corrected chi connectivity index (χ2v) is 2.76. The van der Waals surface area contributed by atoms with Crippen LogP contribution in [-0.2, 0) is 6.54 Å². The Kier molecular flexibility index (Phi) is 1.76. The molecular formula is C9H8F2N2. The van der Waals surface area contributed by atoms with Gasteiger partial charge in [-0.15, -0.1) is 0 Å². The topological polar surface area (TPSA) is 17.8 Å². The van der Waals surface area contributed by atoms with Crippen LogP contribution in [-0.4, -0.2) is 9.55 Å². The maximum Gasteiger partial charge on any atom is 0.184 e. The molecule has 2 aromatic rings. The van der Waals surface area contributed by atoms with Gasteiger partial charge in [0.15, 0.2) is 11.6 Å². The Morgan fingerprint density at radius 1 is 1.38 bits per heavy atom. The van der Waals surface area contributed by atoms with E-state index in [1.54, 1.807) is 4.57 Å². The summed E-state index contributed by atoms with van der Waals surface area (Å²) in [7, 11) is 0. The van der Waals surface area contributed by atoms with Crippen molar-refractivity contribution in [3.05, 3.63) is 30.1 Å². The van der Waals surface area contributed by atoms with Gasteiger partial charge in [0.25, 0.3) is 0 Å². The number of rotatable bonds is 1. The minimum atomic E-state index is -0.831. The van der Waals surface area contributed by atoms with Gasteiger partial charge in [-0.25, -0.2) is 13.8 Å². The van der Waals surface area contributed by atoms with Gasteiger partial charge in [0.05, 0.1) is 11.8 Å². The highest BCUT2D eigenvalue weighted by molar-refractivity contribution is 5.75. The first kappa shape index (κ1) is 8.16. The van der Waals surface area contributed by atoms with Crippen LogP contribution in [0.25, 0.3) is 11.0 Å². The molecule has 4 heteroatoms. The number of halogens is 2. The summed E-state index contributed by atoms with van der Waals surface area (Å²) in [6.45, 7) is 2.43. The van der Waals surface area contributed by atoms with Gasteiger partial charge in [-0.05, 0) is 19.1 Å². The number of aromatic nitrogens is 2. The number of nitrogens with zero attached hydrogens (tertiary/aromatic N) is 2. The van der Waals surface area contributed by atoms with Gasteiger partial charge >= 0.3 is 0 Å². The summed E-state index contributed by atoms with van der Waals surface area (Å²) in [4.78, 5) is 3.95. The van der Waals surface area contributed by atoms with Crippen LogP contribution in [0.1, 0.15) is 6.92 Å². The van der Waals surface area contributed by atoms with Gasteiger partial charge in [0.2, 0.25) is 0 Å². The summed E-state index contributed by atoms with van der Waals surface area (Å²) in [6, 6.07) is 2.56. The second-order valence-electron chi connectivity index (χ2n) is 2.76. The Bertz CT molecular complexity index is 448. The molecule has 0 unspecified atom stereocenters. The lowest BCUT2D eigenvalue weighted by Gasteiger charge is -2.00. The van der Waals surface area contributed by atoms with E-state index in [0.717, 1.165) is 6.07 Å². The van der Waals surface area contributed by atoms with Crippen LogP contribution in [0.5, 0.6) is 0 Å². The van der Waals surface area contributed by atoms with Crippen LogP contribution in [0.3, 0.4) is 0 Å². The van der Waals surface area contributed by atoms with Crippen molar-refractivity contribution in [1.82, 2.24) is 9.55 Å². The van der Waals surface area contributed by atoms with Crippen molar-refractivity contribution in [3.63, 3.8) is 0 Å². The van der Waals surface area contributed by atoms with Crippen LogP contribution in [0.15, 0.2) is 18.5 Å². The summed E-state index contributed by atoms with van der Waals surface area (Å²) >= 11 is 0. The van der Waals surface area contributed by atoms with E-state index in [4.69, 9.17) is 0 Å². The van der Waals surface area contributed by atoms with E-state index in [1.165, 1.54) is 12.4 Å². The average Bonchev–Trinajstić information content (AvgIpc) is 2.55. The third-order valence-electron chi connectivity index (χ3n) is 2.01. The monoisotopic (exact) mass is 182 g/mol. The standard InChI is InChI=1S/C9H8F2N2/c1-2-13-5-12-7-4-3-6(10)8(11)9(7)13/h3-5H,2H2,1H3. The highest BCUT2D eigenvalue weighted by Crippen LogP contribution is 2.18. The van der Waals surface area contributed by atoms with Gasteiger partial charge in [-0.3, -0.25) is 0 Å². The number of benzene rings is 1. The smallest absolute Gasteiger partial charge is 0.184 e. The zero-order chi connectivity index (χ0) is 9.42. The second kappa shape index (κ2) is 2.80. The third-order valence-corrected chi connectivity index (χ3v) is 2.01. The molecule has 0 aliphatic rings. The van der Waals surface area contributed by atoms with Gasteiger partial charge < -0.3 is 4.57 Å². The normalized spacial score (nSPS) is 11.0. The van der Waals surface area contributed by atoms with E-state index in [0.29, 0.717) is 12.1 Å². The number of hydrogen-bond acceptors (Lipinski definition) is 1. The van der Waals surface area contributed by atoms with Crippen molar-refractivity contribution in [1.29, 1.82) is 0 Å². The van der Waals surface area contributed by atoms with E-state index >= 15 is 0 Å². The Hall–Kier alpha value is -1.45. The zero-order valence-electron chi connectivity index (χ0n) is 7.09. The molecule has 0 aliphatic heterocycles. The van der Waals surface area contributed by atoms with Crippen LogP contribution < -0.4 is 0 Å². The first-order valence-corrected chi connectivity index (χ1v) is 4.03. The first-order valence-electron chi connectivity index (χ1n) is 4.03. The molecule has 0 N–H and O–H groups in total. The van der Waals surface area contributed by atoms with Gasteiger partial charge in [-0.1, -0.05) is 0 Å². The summed E-state index contributed by atoms with van der Waals surface area (Å²) in [6.07, 6.45) is 1.51. The molecule has 0 aliphatic carbocycles. The molecular weight excluding hydrogens is 174 g/mol. The molecule has 0 atom stereocenters. The van der Waals surface area contributed by atoms with Crippen molar-refractivity contribution >= 4 is 11.0 Å². The summed E-state index contributed by atoms with van der Waals surface area (Å²) in [5.41, 5.74) is 0.725. The lowest BCUT2D eigenvalue weighted by Crippen LogP contribution is -1.95. The molecule has 1 heterocycles. The predicted octanol–water partition coefficient (Wildman–Crippen LogP) is 2.33. The largest absolute Gasteiger partial charge is 0.328 e. The maximum absolute atomic E-state index is 13.2. The minimum absolute atomic E-state index is 0.238. The zero-order valence-corrected chi connectivity index (χ0v) is 7.09. The van der Waals surface area contributed by atoms with Crippen molar-refractivity contribution < 1.29 is 8.78 Å². The summed E-state index contributed by atoms with van der Waals surface area (Å²) in [5.74, 6) is -1.65. The van der Waals surface area contributed by atoms with Crippen LogP contribution >= 0.6 is 0 Å². The first-order chi connectivity index (χ1) is 6.24. The molecule has 2 rings (SSSR count). The predicted molar refractivity (Wildman–Crippen MR) is 45.3 cm³/mol. The fourth-order valence-corrected chi connectivity index (χ4v) is 1.34. The average molecular weight is 182 g/mol. The number of fused-ring (bicyclic) bond motifs is 1. The Balaban J connectivity index is 2.85. The van der Waals surface area contributed by atoms with E-state index < -0.39 is 11.6 Å². The molecule has 0 fully saturated rings. The third kappa shape index (κ3) is 1.09. The molecule has 0 radical (unpaired) electrons. The van der Waals surface area contributed by atoms with Gasteiger partial charge in [0, 0.05) is 6.54 Å². The lowest BCUT2D eigenvalue weighted by atomic mass is 10.3. The van der Waals surface area contributed by atoms with Crippen molar-refractivity contribution in [3.8, 4) is 0 Å². The van der Waals surface area contributed by atoms with Crippen molar-refractivity contribution in [2.75, 3.05) is 0 Å². The molecule has 1 aromatic carbocycles. The maximum atomic E-state index is 13.2. The SMILES string of the molecule is CCn1cnc2ccc(F)c(F)c21. The Morgan fingerprint density at radius 2 is 2.15 bits per heavy atom. The van der Waals surface area contributed by atoms with Crippen LogP contribution in [0, 0.1) is 11.6 Å². The highest BCUT2D eigenvalue weighted by Gasteiger charge is 2.11. The quantitative estimate of drug-likeness (QED) is 0.661. The number of aryl methyl sites for hydroxylation is 1. The molecule has 2 nitrogen and oxygen atoms in total. The van der Waals surface area contributed by atoms with Gasteiger partial charge in [0.1, 0.15) is 5.52 Å². The number of hydrogen-bond donors (Lipinski definition) is 0. The van der Waals surface area contributed by atoms with E-state index in [2.05, 4.69) is 4.98 Å². The van der Waals surface area contributed by atoms with E-state index in [9.17, 15) is 8.78 Å².